The third-order valence-corrected chi connectivity index (χ3v) is 4.88. The van der Waals surface area contributed by atoms with Crippen molar-refractivity contribution in [1.82, 2.24) is 0 Å². The highest BCUT2D eigenvalue weighted by Gasteiger charge is 2.46. The Balaban J connectivity index is 2.38. The number of methoxy groups -OCH3 is 4. The van der Waals surface area contributed by atoms with E-state index in [0.717, 1.165) is 11.1 Å². The van der Waals surface area contributed by atoms with Gasteiger partial charge in [-0.15, -0.1) is 0 Å². The molecule has 26 heavy (non-hydrogen) atoms. The second-order valence-corrected chi connectivity index (χ2v) is 6.30. The highest BCUT2D eigenvalue weighted by Crippen LogP contribution is 2.42. The number of carboxylic acid groups (broad SMARTS) is 1. The van der Waals surface area contributed by atoms with Gasteiger partial charge in [0.1, 0.15) is 17.1 Å². The molecule has 0 fully saturated rings. The Morgan fingerprint density at radius 3 is 2.12 bits per heavy atom. The summed E-state index contributed by atoms with van der Waals surface area (Å²) >= 11 is 0. The summed E-state index contributed by atoms with van der Waals surface area (Å²) in [5.41, 5.74) is 1.08. The van der Waals surface area contributed by atoms with Gasteiger partial charge in [0.2, 0.25) is 0 Å². The third kappa shape index (κ3) is 3.85. The van der Waals surface area contributed by atoms with Crippen molar-refractivity contribution in [3.8, 4) is 0 Å². The van der Waals surface area contributed by atoms with Crippen LogP contribution in [0, 0.1) is 5.92 Å². The van der Waals surface area contributed by atoms with Crippen LogP contribution in [0.1, 0.15) is 18.1 Å². The summed E-state index contributed by atoms with van der Waals surface area (Å²) < 4.78 is 22.5. The van der Waals surface area contributed by atoms with Crippen molar-refractivity contribution >= 4 is 5.97 Å². The molecule has 0 radical (unpaired) electrons. The fourth-order valence-corrected chi connectivity index (χ4v) is 3.32. The highest BCUT2D eigenvalue weighted by molar-refractivity contribution is 5.70. The zero-order chi connectivity index (χ0) is 19.3. The van der Waals surface area contributed by atoms with Crippen LogP contribution in [0.5, 0.6) is 0 Å². The van der Waals surface area contributed by atoms with E-state index in [9.17, 15) is 4.79 Å². The van der Waals surface area contributed by atoms with E-state index in [-0.39, 0.29) is 12.3 Å². The molecule has 0 amide bonds. The first-order valence-electron chi connectivity index (χ1n) is 8.32. The molecule has 0 bridgehead atoms. The zero-order valence-electron chi connectivity index (χ0n) is 15.9. The minimum atomic E-state index is -0.846. The van der Waals surface area contributed by atoms with Crippen molar-refractivity contribution in [2.24, 2.45) is 5.92 Å². The lowest BCUT2D eigenvalue weighted by molar-refractivity contribution is -0.136. The molecule has 0 spiro atoms. The highest BCUT2D eigenvalue weighted by atomic mass is 16.5. The number of carboxylic acids is 1. The summed E-state index contributed by atoms with van der Waals surface area (Å²) in [4.78, 5) is 10.8. The molecule has 1 aromatic carbocycles. The first kappa shape index (κ1) is 19.8. The molecule has 142 valence electrons. The van der Waals surface area contributed by atoms with Gasteiger partial charge in [0.05, 0.1) is 33.7 Å². The van der Waals surface area contributed by atoms with E-state index in [1.165, 1.54) is 0 Å². The van der Waals surface area contributed by atoms with Crippen molar-refractivity contribution in [3.63, 3.8) is 0 Å². The second-order valence-electron chi connectivity index (χ2n) is 6.30. The molecule has 1 aliphatic rings. The topological polar surface area (TPSA) is 74.2 Å². The molecular weight excluding hydrogens is 336 g/mol. The van der Waals surface area contributed by atoms with Crippen LogP contribution in [0.2, 0.25) is 0 Å². The quantitative estimate of drug-likeness (QED) is 0.766. The van der Waals surface area contributed by atoms with Crippen LogP contribution in [-0.4, -0.2) is 45.1 Å². The average molecular weight is 362 g/mol. The Labute approximate surface area is 154 Å². The molecule has 2 atom stereocenters. The van der Waals surface area contributed by atoms with Crippen molar-refractivity contribution in [1.29, 1.82) is 0 Å². The number of aliphatic carboxylic acids is 1. The lowest BCUT2D eigenvalue weighted by Gasteiger charge is -2.41. The maximum atomic E-state index is 10.8. The smallest absolute Gasteiger partial charge is 0.307 e. The first-order valence-corrected chi connectivity index (χ1v) is 8.32. The standard InChI is InChI=1S/C20H26O6/c1-20(26-5)15(19(25-4)16(23-2)12-17(20)24-3)10-13-6-8-14(9-7-13)11-18(21)22/h6-9,12,15H,10-11H2,1-5H3,(H,21,22). The lowest BCUT2D eigenvalue weighted by Crippen LogP contribution is -2.44. The van der Waals surface area contributed by atoms with Crippen LogP contribution in [0.25, 0.3) is 0 Å². The molecule has 6 nitrogen and oxygen atoms in total. The third-order valence-electron chi connectivity index (χ3n) is 4.88. The summed E-state index contributed by atoms with van der Waals surface area (Å²) in [5.74, 6) is 0.933. The van der Waals surface area contributed by atoms with E-state index in [4.69, 9.17) is 24.1 Å². The summed E-state index contributed by atoms with van der Waals surface area (Å²) in [6.07, 6.45) is 2.41. The van der Waals surface area contributed by atoms with Gasteiger partial charge in [-0.1, -0.05) is 24.3 Å². The summed E-state index contributed by atoms with van der Waals surface area (Å²) in [6, 6.07) is 7.52. The van der Waals surface area contributed by atoms with Gasteiger partial charge < -0.3 is 24.1 Å². The predicted octanol–water partition coefficient (Wildman–Crippen LogP) is 2.93. The fraction of sp³-hybridized carbons (Fsp3) is 0.450. The van der Waals surface area contributed by atoms with Gasteiger partial charge in [-0.2, -0.15) is 0 Å². The number of carbonyl (C=O) groups is 1. The minimum Gasteiger partial charge on any atom is -0.498 e. The largest absolute Gasteiger partial charge is 0.498 e. The van der Waals surface area contributed by atoms with E-state index in [1.807, 2.05) is 31.2 Å². The predicted molar refractivity (Wildman–Crippen MR) is 96.5 cm³/mol. The Morgan fingerprint density at radius 2 is 1.65 bits per heavy atom. The molecule has 6 heteroatoms. The normalized spacial score (nSPS) is 22.7. The van der Waals surface area contributed by atoms with Crippen LogP contribution in [-0.2, 0) is 36.6 Å². The van der Waals surface area contributed by atoms with Crippen LogP contribution in [0.4, 0.5) is 0 Å². The Hall–Kier alpha value is -2.47. The second kappa shape index (κ2) is 8.27. The minimum absolute atomic E-state index is 0.00705. The SMILES string of the molecule is COC1=CC(OC)=C(OC)C(Cc2ccc(CC(=O)O)cc2)C1(C)OC. The molecule has 0 aromatic heterocycles. The van der Waals surface area contributed by atoms with E-state index < -0.39 is 11.6 Å². The van der Waals surface area contributed by atoms with E-state index in [0.29, 0.717) is 23.7 Å². The summed E-state index contributed by atoms with van der Waals surface area (Å²) in [6.45, 7) is 1.96. The van der Waals surface area contributed by atoms with Gasteiger partial charge in [0, 0.05) is 13.2 Å². The monoisotopic (exact) mass is 362 g/mol. The molecule has 2 unspecified atom stereocenters. The van der Waals surface area contributed by atoms with Crippen molar-refractivity contribution in [3.05, 3.63) is 58.7 Å². The lowest BCUT2D eigenvalue weighted by atomic mass is 9.77. The zero-order valence-corrected chi connectivity index (χ0v) is 15.9. The van der Waals surface area contributed by atoms with Crippen LogP contribution < -0.4 is 0 Å². The maximum absolute atomic E-state index is 10.8. The molecule has 0 aliphatic heterocycles. The Morgan fingerprint density at radius 1 is 1.04 bits per heavy atom. The van der Waals surface area contributed by atoms with E-state index >= 15 is 0 Å². The van der Waals surface area contributed by atoms with Gasteiger partial charge in [-0.05, 0) is 24.5 Å². The van der Waals surface area contributed by atoms with Crippen LogP contribution in [0.15, 0.2) is 47.6 Å². The van der Waals surface area contributed by atoms with Gasteiger partial charge >= 0.3 is 5.97 Å². The van der Waals surface area contributed by atoms with E-state index in [1.54, 1.807) is 34.5 Å². The molecule has 0 heterocycles. The molecular formula is C20H26O6. The molecule has 0 saturated heterocycles. The molecule has 1 aromatic rings. The van der Waals surface area contributed by atoms with Crippen molar-refractivity contribution in [2.45, 2.75) is 25.4 Å². The fourth-order valence-electron chi connectivity index (χ4n) is 3.32. The Bertz CT molecular complexity index is 704. The molecule has 1 N–H and O–H groups in total. The summed E-state index contributed by atoms with van der Waals surface area (Å²) in [5, 5.41) is 8.90. The van der Waals surface area contributed by atoms with E-state index in [2.05, 4.69) is 0 Å². The van der Waals surface area contributed by atoms with Crippen molar-refractivity contribution < 1.29 is 28.8 Å². The number of allylic oxidation sites excluding steroid dienone is 1. The van der Waals surface area contributed by atoms with Gasteiger partial charge in [-0.3, -0.25) is 4.79 Å². The number of rotatable bonds is 8. The molecule has 1 aliphatic carbocycles. The van der Waals surface area contributed by atoms with Gasteiger partial charge in [0.25, 0.3) is 0 Å². The van der Waals surface area contributed by atoms with Gasteiger partial charge in [-0.25, -0.2) is 0 Å². The number of benzene rings is 1. The number of ether oxygens (including phenoxy) is 4. The van der Waals surface area contributed by atoms with Crippen LogP contribution >= 0.6 is 0 Å². The summed E-state index contributed by atoms with van der Waals surface area (Å²) in [7, 11) is 6.44. The number of hydrogen-bond acceptors (Lipinski definition) is 5. The van der Waals surface area contributed by atoms with Gasteiger partial charge in [0.15, 0.2) is 5.76 Å². The average Bonchev–Trinajstić information content (AvgIpc) is 2.64. The molecule has 0 saturated carbocycles. The number of hydrogen-bond donors (Lipinski definition) is 1. The first-order chi connectivity index (χ1) is 12.4. The molecule has 2 rings (SSSR count). The maximum Gasteiger partial charge on any atom is 0.307 e. The van der Waals surface area contributed by atoms with Crippen LogP contribution in [0.3, 0.4) is 0 Å². The Kier molecular flexibility index (Phi) is 6.32. The van der Waals surface area contributed by atoms with Crippen molar-refractivity contribution in [2.75, 3.05) is 28.4 Å².